The summed E-state index contributed by atoms with van der Waals surface area (Å²) in [6.07, 6.45) is 1.27. The van der Waals surface area contributed by atoms with Crippen LogP contribution in [0.25, 0.3) is 0 Å². The number of pyridine rings is 1. The molecule has 1 heterocycles. The minimum Gasteiger partial charge on any atom is -0.461 e. The largest absolute Gasteiger partial charge is 0.461 e. The highest BCUT2D eigenvalue weighted by Crippen LogP contribution is 1.96. The summed E-state index contributed by atoms with van der Waals surface area (Å²) in [6, 6.07) is 1.12. The van der Waals surface area contributed by atoms with Gasteiger partial charge >= 0.3 is 5.97 Å². The number of ether oxygens (including phenoxy) is 1. The third-order valence-electron chi connectivity index (χ3n) is 1.44. The number of nitrogens with one attached hydrogen (secondary N) is 1. The summed E-state index contributed by atoms with van der Waals surface area (Å²) in [4.78, 5) is 24.6. The monoisotopic (exact) mass is 182 g/mol. The number of hydrogen-bond acceptors (Lipinski definition) is 4. The van der Waals surface area contributed by atoms with Crippen molar-refractivity contribution < 1.29 is 9.53 Å². The Bertz CT molecular complexity index is 370. The third-order valence-corrected chi connectivity index (χ3v) is 1.44. The summed E-state index contributed by atoms with van der Waals surface area (Å²) in [6.45, 7) is 1.96. The van der Waals surface area contributed by atoms with Gasteiger partial charge in [-0.2, -0.15) is 0 Å². The quantitative estimate of drug-likeness (QED) is 0.637. The molecular weight excluding hydrogens is 172 g/mol. The molecule has 0 bridgehead atoms. The topological polar surface area (TPSA) is 85.2 Å². The highest BCUT2D eigenvalue weighted by atomic mass is 16.5. The summed E-state index contributed by atoms with van der Waals surface area (Å²) >= 11 is 0. The van der Waals surface area contributed by atoms with Crippen molar-refractivity contribution in [1.29, 1.82) is 0 Å². The van der Waals surface area contributed by atoms with Crippen molar-refractivity contribution in [2.24, 2.45) is 0 Å². The number of H-pyrrole nitrogens is 1. The van der Waals surface area contributed by atoms with Gasteiger partial charge in [0.2, 0.25) is 5.43 Å². The van der Waals surface area contributed by atoms with Crippen LogP contribution in [0.3, 0.4) is 0 Å². The molecule has 0 unspecified atom stereocenters. The Kier molecular flexibility index (Phi) is 2.69. The molecule has 0 spiro atoms. The number of aromatic nitrogens is 1. The predicted molar refractivity (Wildman–Crippen MR) is 47.4 cm³/mol. The number of rotatable bonds is 2. The zero-order valence-corrected chi connectivity index (χ0v) is 7.16. The van der Waals surface area contributed by atoms with Crippen LogP contribution in [-0.2, 0) is 4.74 Å². The second kappa shape index (κ2) is 3.75. The lowest BCUT2D eigenvalue weighted by Gasteiger charge is -2.00. The maximum absolute atomic E-state index is 11.1. The lowest BCUT2D eigenvalue weighted by molar-refractivity contribution is 0.0519. The summed E-state index contributed by atoms with van der Waals surface area (Å²) < 4.78 is 4.67. The van der Waals surface area contributed by atoms with Crippen molar-refractivity contribution in [2.45, 2.75) is 6.92 Å². The fourth-order valence-electron chi connectivity index (χ4n) is 0.809. The lowest BCUT2D eigenvalue weighted by Crippen LogP contribution is -2.14. The molecule has 0 fully saturated rings. The van der Waals surface area contributed by atoms with E-state index < -0.39 is 5.97 Å². The number of esters is 1. The molecule has 0 saturated carbocycles. The third kappa shape index (κ3) is 2.08. The zero-order chi connectivity index (χ0) is 9.84. The van der Waals surface area contributed by atoms with E-state index in [0.29, 0.717) is 0 Å². The van der Waals surface area contributed by atoms with Gasteiger partial charge in [0.1, 0.15) is 5.69 Å². The molecule has 1 rings (SSSR count). The first-order chi connectivity index (χ1) is 6.15. The maximum Gasteiger partial charge on any atom is 0.354 e. The van der Waals surface area contributed by atoms with E-state index in [1.807, 2.05) is 0 Å². The molecule has 0 aromatic carbocycles. The molecule has 0 atom stereocenters. The molecule has 5 nitrogen and oxygen atoms in total. The molecule has 0 aliphatic carbocycles. The van der Waals surface area contributed by atoms with E-state index in [4.69, 9.17) is 5.73 Å². The summed E-state index contributed by atoms with van der Waals surface area (Å²) in [5, 5.41) is 0. The van der Waals surface area contributed by atoms with Gasteiger partial charge in [-0.25, -0.2) is 4.79 Å². The van der Waals surface area contributed by atoms with Crippen molar-refractivity contribution in [3.63, 3.8) is 0 Å². The summed E-state index contributed by atoms with van der Waals surface area (Å²) in [5.74, 6) is -0.556. The highest BCUT2D eigenvalue weighted by Gasteiger charge is 2.07. The molecule has 0 saturated heterocycles. The van der Waals surface area contributed by atoms with E-state index in [-0.39, 0.29) is 23.4 Å². The molecule has 0 aliphatic heterocycles. The molecule has 70 valence electrons. The first kappa shape index (κ1) is 9.31. The second-order valence-electron chi connectivity index (χ2n) is 2.39. The van der Waals surface area contributed by atoms with Crippen molar-refractivity contribution in [3.05, 3.63) is 28.2 Å². The molecule has 1 aromatic heterocycles. The summed E-state index contributed by atoms with van der Waals surface area (Å²) in [7, 11) is 0. The standard InChI is InChI=1S/C8H10N2O3/c1-2-13-8(12)6-3-7(11)5(9)4-10-6/h3-4H,2,9H2,1H3,(H,10,11). The Morgan fingerprint density at radius 3 is 2.92 bits per heavy atom. The average Bonchev–Trinajstić information content (AvgIpc) is 2.10. The van der Waals surface area contributed by atoms with Crippen molar-refractivity contribution in [2.75, 3.05) is 12.3 Å². The highest BCUT2D eigenvalue weighted by molar-refractivity contribution is 5.87. The van der Waals surface area contributed by atoms with Gasteiger partial charge in [-0.05, 0) is 6.92 Å². The van der Waals surface area contributed by atoms with Gasteiger partial charge in [-0.3, -0.25) is 4.79 Å². The van der Waals surface area contributed by atoms with Crippen LogP contribution < -0.4 is 11.2 Å². The SMILES string of the molecule is CCOC(=O)c1cc(=O)c(N)c[nH]1. The number of carbonyl (C=O) groups is 1. The van der Waals surface area contributed by atoms with Crippen LogP contribution in [0.5, 0.6) is 0 Å². The molecule has 3 N–H and O–H groups in total. The van der Waals surface area contributed by atoms with Crippen molar-refractivity contribution in [3.8, 4) is 0 Å². The van der Waals surface area contributed by atoms with E-state index in [1.54, 1.807) is 6.92 Å². The van der Waals surface area contributed by atoms with Crippen LogP contribution in [0.1, 0.15) is 17.4 Å². The number of anilines is 1. The normalized spacial score (nSPS) is 9.62. The molecule has 0 amide bonds. The van der Waals surface area contributed by atoms with E-state index in [1.165, 1.54) is 6.20 Å². The van der Waals surface area contributed by atoms with Gasteiger partial charge < -0.3 is 15.5 Å². The minimum absolute atomic E-state index is 0.0769. The fourth-order valence-corrected chi connectivity index (χ4v) is 0.809. The number of hydrogen-bond donors (Lipinski definition) is 2. The lowest BCUT2D eigenvalue weighted by atomic mass is 10.3. The smallest absolute Gasteiger partial charge is 0.354 e. The van der Waals surface area contributed by atoms with Crippen LogP contribution in [0.4, 0.5) is 5.69 Å². The van der Waals surface area contributed by atoms with Gasteiger partial charge in [0.15, 0.2) is 0 Å². The number of nitrogens with two attached hydrogens (primary N) is 1. The minimum atomic E-state index is -0.556. The number of aromatic amines is 1. The van der Waals surface area contributed by atoms with Crippen molar-refractivity contribution in [1.82, 2.24) is 4.98 Å². The first-order valence-corrected chi connectivity index (χ1v) is 3.80. The maximum atomic E-state index is 11.1. The molecule has 1 aromatic rings. The van der Waals surface area contributed by atoms with Gasteiger partial charge in [-0.15, -0.1) is 0 Å². The predicted octanol–water partition coefficient (Wildman–Crippen LogP) is 0.134. The van der Waals surface area contributed by atoms with E-state index in [9.17, 15) is 9.59 Å². The number of carbonyl (C=O) groups excluding carboxylic acids is 1. The molecule has 5 heteroatoms. The average molecular weight is 182 g/mol. The summed E-state index contributed by atoms with van der Waals surface area (Å²) in [5.41, 5.74) is 5.07. The van der Waals surface area contributed by atoms with Gasteiger partial charge in [-0.1, -0.05) is 0 Å². The molecular formula is C8H10N2O3. The molecule has 0 radical (unpaired) electrons. The van der Waals surface area contributed by atoms with Crippen LogP contribution in [0.2, 0.25) is 0 Å². The first-order valence-electron chi connectivity index (χ1n) is 3.80. The van der Waals surface area contributed by atoms with E-state index in [0.717, 1.165) is 6.07 Å². The molecule has 13 heavy (non-hydrogen) atoms. The fraction of sp³-hybridized carbons (Fsp3) is 0.250. The Morgan fingerprint density at radius 2 is 2.38 bits per heavy atom. The van der Waals surface area contributed by atoms with Gasteiger partial charge in [0.25, 0.3) is 0 Å². The van der Waals surface area contributed by atoms with E-state index in [2.05, 4.69) is 9.72 Å². The van der Waals surface area contributed by atoms with Gasteiger partial charge in [0, 0.05) is 12.3 Å². The zero-order valence-electron chi connectivity index (χ0n) is 7.16. The van der Waals surface area contributed by atoms with E-state index >= 15 is 0 Å². The van der Waals surface area contributed by atoms with Gasteiger partial charge in [0.05, 0.1) is 12.3 Å². The Morgan fingerprint density at radius 1 is 1.69 bits per heavy atom. The van der Waals surface area contributed by atoms with Crippen LogP contribution in [0, 0.1) is 0 Å². The Hall–Kier alpha value is -1.78. The second-order valence-corrected chi connectivity index (χ2v) is 2.39. The number of nitrogen functional groups attached to an aromatic ring is 1. The van der Waals surface area contributed by atoms with Crippen LogP contribution in [0.15, 0.2) is 17.1 Å². The molecule has 0 aliphatic rings. The van der Waals surface area contributed by atoms with Crippen molar-refractivity contribution >= 4 is 11.7 Å². The van der Waals surface area contributed by atoms with Crippen LogP contribution >= 0.6 is 0 Å². The Labute approximate surface area is 74.5 Å². The van der Waals surface area contributed by atoms with Crippen LogP contribution in [-0.4, -0.2) is 17.6 Å². The Balaban J connectivity index is 2.97.